The van der Waals surface area contributed by atoms with Crippen molar-refractivity contribution >= 4 is 5.82 Å². The Labute approximate surface area is 91.1 Å². The molecule has 1 aliphatic rings. The maximum Gasteiger partial charge on any atom is 0.351 e. The molecule has 2 rings (SSSR count). The summed E-state index contributed by atoms with van der Waals surface area (Å²) in [5, 5.41) is 18.4. The molecule has 4 N–H and O–H groups in total. The number of aliphatic hydroxyl groups excluding tert-OH is 2. The van der Waals surface area contributed by atoms with E-state index in [1.165, 1.54) is 16.8 Å². The molecule has 0 radical (unpaired) electrons. The zero-order chi connectivity index (χ0) is 11.7. The number of hydrogen-bond acceptors (Lipinski definition) is 6. The van der Waals surface area contributed by atoms with Crippen LogP contribution in [0.2, 0.25) is 0 Å². The van der Waals surface area contributed by atoms with Crippen LogP contribution in [0.3, 0.4) is 0 Å². The van der Waals surface area contributed by atoms with Crippen molar-refractivity contribution in [2.75, 3.05) is 12.3 Å². The van der Waals surface area contributed by atoms with Gasteiger partial charge >= 0.3 is 5.69 Å². The highest BCUT2D eigenvalue weighted by Crippen LogP contribution is 2.27. The third-order valence-corrected chi connectivity index (χ3v) is 2.55. The van der Waals surface area contributed by atoms with E-state index in [0.29, 0.717) is 0 Å². The largest absolute Gasteiger partial charge is 0.394 e. The minimum atomic E-state index is -0.778. The molecule has 0 bridgehead atoms. The average molecular weight is 227 g/mol. The third kappa shape index (κ3) is 1.92. The minimum absolute atomic E-state index is 0.138. The highest BCUT2D eigenvalue weighted by atomic mass is 16.5. The first-order chi connectivity index (χ1) is 7.61. The molecule has 3 atom stereocenters. The normalized spacial score (nSPS) is 29.5. The predicted octanol–water partition coefficient (Wildman–Crippen LogP) is -1.53. The van der Waals surface area contributed by atoms with E-state index in [4.69, 9.17) is 15.6 Å². The van der Waals surface area contributed by atoms with Crippen LogP contribution in [-0.2, 0) is 4.74 Å². The van der Waals surface area contributed by atoms with Gasteiger partial charge in [-0.25, -0.2) is 4.79 Å². The van der Waals surface area contributed by atoms with E-state index in [-0.39, 0.29) is 18.8 Å². The summed E-state index contributed by atoms with van der Waals surface area (Å²) < 4.78 is 6.56. The molecule has 1 aliphatic heterocycles. The van der Waals surface area contributed by atoms with Crippen LogP contribution in [0.25, 0.3) is 0 Å². The maximum absolute atomic E-state index is 11.5. The van der Waals surface area contributed by atoms with Crippen LogP contribution < -0.4 is 11.4 Å². The van der Waals surface area contributed by atoms with Crippen molar-refractivity contribution in [1.29, 1.82) is 0 Å². The molecule has 0 spiro atoms. The van der Waals surface area contributed by atoms with Crippen LogP contribution in [0, 0.1) is 0 Å². The number of aliphatic hydroxyl groups is 2. The Hall–Kier alpha value is -1.44. The number of ether oxygens (including phenoxy) is 1. The summed E-state index contributed by atoms with van der Waals surface area (Å²) in [7, 11) is 0. The molecule has 7 nitrogen and oxygen atoms in total. The Morgan fingerprint density at radius 2 is 2.44 bits per heavy atom. The van der Waals surface area contributed by atoms with Crippen molar-refractivity contribution in [1.82, 2.24) is 9.55 Å². The molecule has 1 fully saturated rings. The molecular weight excluding hydrogens is 214 g/mol. The average Bonchev–Trinajstić information content (AvgIpc) is 2.59. The molecule has 16 heavy (non-hydrogen) atoms. The molecule has 1 aromatic rings. The lowest BCUT2D eigenvalue weighted by Gasteiger charge is -2.13. The number of hydrogen-bond donors (Lipinski definition) is 3. The molecule has 2 heterocycles. The fourth-order valence-electron chi connectivity index (χ4n) is 1.70. The molecule has 0 aromatic carbocycles. The highest BCUT2D eigenvalue weighted by Gasteiger charge is 2.34. The van der Waals surface area contributed by atoms with Crippen molar-refractivity contribution in [2.45, 2.75) is 24.9 Å². The van der Waals surface area contributed by atoms with Crippen molar-refractivity contribution in [3.63, 3.8) is 0 Å². The molecule has 88 valence electrons. The maximum atomic E-state index is 11.5. The molecule has 0 amide bonds. The second kappa shape index (κ2) is 4.20. The first-order valence-corrected chi connectivity index (χ1v) is 4.91. The first-order valence-electron chi connectivity index (χ1n) is 4.91. The summed E-state index contributed by atoms with van der Waals surface area (Å²) in [6.45, 7) is -0.283. The second-order valence-electron chi connectivity index (χ2n) is 3.66. The Morgan fingerprint density at radius 3 is 3.00 bits per heavy atom. The Bertz CT molecular complexity index is 433. The van der Waals surface area contributed by atoms with E-state index in [2.05, 4.69) is 4.98 Å². The number of rotatable bonds is 2. The van der Waals surface area contributed by atoms with E-state index < -0.39 is 24.1 Å². The van der Waals surface area contributed by atoms with Gasteiger partial charge in [-0.3, -0.25) is 4.57 Å². The van der Waals surface area contributed by atoms with Crippen molar-refractivity contribution in [3.05, 3.63) is 22.7 Å². The summed E-state index contributed by atoms with van der Waals surface area (Å²) in [5.41, 5.74) is 4.82. The third-order valence-electron chi connectivity index (χ3n) is 2.55. The minimum Gasteiger partial charge on any atom is -0.394 e. The van der Waals surface area contributed by atoms with Crippen LogP contribution in [0.1, 0.15) is 12.6 Å². The molecule has 7 heteroatoms. The molecule has 0 saturated carbocycles. The standard InChI is InChI=1S/C9H13N3O4/c10-7-1-2-12(9(15)11-7)8-3-5(14)6(4-13)16-8/h1-2,5-6,8,13-14H,3-4H2,(H2,10,11,15)/t5?,6-,8?/m1/s1. The summed E-state index contributed by atoms with van der Waals surface area (Å²) in [6.07, 6.45) is -0.333. The predicted molar refractivity (Wildman–Crippen MR) is 54.5 cm³/mol. The molecule has 2 unspecified atom stereocenters. The Morgan fingerprint density at radius 1 is 1.69 bits per heavy atom. The van der Waals surface area contributed by atoms with Gasteiger partial charge in [0.05, 0.1) is 12.7 Å². The lowest BCUT2D eigenvalue weighted by Crippen LogP contribution is -2.27. The van der Waals surface area contributed by atoms with Gasteiger partial charge in [0.25, 0.3) is 0 Å². The topological polar surface area (TPSA) is 111 Å². The van der Waals surface area contributed by atoms with Gasteiger partial charge in [0, 0.05) is 12.6 Å². The number of nitrogens with zero attached hydrogens (tertiary/aromatic N) is 2. The van der Waals surface area contributed by atoms with Crippen LogP contribution >= 0.6 is 0 Å². The Kier molecular flexibility index (Phi) is 2.90. The van der Waals surface area contributed by atoms with E-state index in [0.717, 1.165) is 0 Å². The summed E-state index contributed by atoms with van der Waals surface area (Å²) >= 11 is 0. The molecule has 1 aromatic heterocycles. The number of anilines is 1. The van der Waals surface area contributed by atoms with Gasteiger partial charge < -0.3 is 20.7 Å². The smallest absolute Gasteiger partial charge is 0.351 e. The van der Waals surface area contributed by atoms with Crippen molar-refractivity contribution < 1.29 is 14.9 Å². The van der Waals surface area contributed by atoms with E-state index in [1.807, 2.05) is 0 Å². The van der Waals surface area contributed by atoms with Crippen molar-refractivity contribution in [2.24, 2.45) is 0 Å². The van der Waals surface area contributed by atoms with E-state index in [9.17, 15) is 9.90 Å². The number of nitrogen functional groups attached to an aromatic ring is 1. The fourth-order valence-corrected chi connectivity index (χ4v) is 1.70. The zero-order valence-electron chi connectivity index (χ0n) is 8.48. The van der Waals surface area contributed by atoms with Gasteiger partial charge in [-0.15, -0.1) is 0 Å². The SMILES string of the molecule is Nc1ccn(C2CC(O)[C@@H](CO)O2)c(=O)n1. The van der Waals surface area contributed by atoms with Gasteiger partial charge in [0.2, 0.25) is 0 Å². The van der Waals surface area contributed by atoms with Crippen LogP contribution in [0.15, 0.2) is 17.1 Å². The summed E-state index contributed by atoms with van der Waals surface area (Å²) in [5.74, 6) is 0.138. The number of nitrogens with two attached hydrogens (primary N) is 1. The summed E-state index contributed by atoms with van der Waals surface area (Å²) in [6, 6.07) is 1.48. The van der Waals surface area contributed by atoms with Crippen LogP contribution in [0.5, 0.6) is 0 Å². The molecule has 0 aliphatic carbocycles. The van der Waals surface area contributed by atoms with E-state index in [1.54, 1.807) is 0 Å². The number of aromatic nitrogens is 2. The molecule has 1 saturated heterocycles. The quantitative estimate of drug-likeness (QED) is 0.565. The van der Waals surface area contributed by atoms with Gasteiger partial charge in [0.15, 0.2) is 0 Å². The van der Waals surface area contributed by atoms with Crippen molar-refractivity contribution in [3.8, 4) is 0 Å². The van der Waals surface area contributed by atoms with E-state index >= 15 is 0 Å². The zero-order valence-corrected chi connectivity index (χ0v) is 8.48. The van der Waals surface area contributed by atoms with Gasteiger partial charge in [-0.1, -0.05) is 0 Å². The van der Waals surface area contributed by atoms with Crippen LogP contribution in [-0.4, -0.2) is 38.6 Å². The summed E-state index contributed by atoms with van der Waals surface area (Å²) in [4.78, 5) is 15.0. The second-order valence-corrected chi connectivity index (χ2v) is 3.66. The van der Waals surface area contributed by atoms with Gasteiger partial charge in [0.1, 0.15) is 18.1 Å². The molecular formula is C9H13N3O4. The fraction of sp³-hybridized carbons (Fsp3) is 0.556. The van der Waals surface area contributed by atoms with Crippen LogP contribution in [0.4, 0.5) is 5.82 Å². The lowest BCUT2D eigenvalue weighted by molar-refractivity contribution is -0.0458. The Balaban J connectivity index is 2.23. The lowest BCUT2D eigenvalue weighted by atomic mass is 10.2. The van der Waals surface area contributed by atoms with Gasteiger partial charge in [-0.2, -0.15) is 4.98 Å². The first kappa shape index (κ1) is 11.1. The monoisotopic (exact) mass is 227 g/mol. The highest BCUT2D eigenvalue weighted by molar-refractivity contribution is 5.23. The van der Waals surface area contributed by atoms with Gasteiger partial charge in [-0.05, 0) is 6.07 Å².